The first-order valence-electron chi connectivity index (χ1n) is 10.6. The van der Waals surface area contributed by atoms with E-state index in [-0.39, 0.29) is 24.4 Å². The molecule has 0 aliphatic rings. The average Bonchev–Trinajstić information content (AvgIpc) is 3.15. The van der Waals surface area contributed by atoms with Gasteiger partial charge in [0.15, 0.2) is 0 Å². The molecule has 5 aromatic rings. The average molecular weight is 474 g/mol. The second kappa shape index (κ2) is 8.64. The number of hydrogen-bond acceptors (Lipinski definition) is 4. The van der Waals surface area contributed by atoms with E-state index in [9.17, 15) is 14.4 Å². The highest BCUT2D eigenvalue weighted by Gasteiger charge is 2.19. The van der Waals surface area contributed by atoms with Crippen molar-refractivity contribution < 1.29 is 4.79 Å². The molecule has 170 valence electrons. The fourth-order valence-electron chi connectivity index (χ4n) is 3.86. The van der Waals surface area contributed by atoms with Gasteiger partial charge in [0.05, 0.1) is 17.4 Å². The van der Waals surface area contributed by atoms with Crippen LogP contribution in [0.25, 0.3) is 16.7 Å². The molecule has 0 saturated carbocycles. The molecule has 8 nitrogen and oxygen atoms in total. The minimum absolute atomic E-state index is 0.175. The number of fused-ring (bicyclic) bond motifs is 3. The lowest BCUT2D eigenvalue weighted by Crippen LogP contribution is -2.29. The van der Waals surface area contributed by atoms with Crippen molar-refractivity contribution in [2.24, 2.45) is 0 Å². The number of para-hydroxylation sites is 1. The standard InChI is InChI=1S/C25H20ClN5O3/c1-16-6-8-17(9-7-16)14-29-23(33)20-4-2-3-5-21(20)31-24(29)28-30(25(31)34)15-22(32)27-19-12-10-18(26)11-13-19/h2-13H,14-15H2,1H3,(H,27,32). The number of nitrogens with zero attached hydrogens (tertiary/aromatic N) is 4. The van der Waals surface area contributed by atoms with Gasteiger partial charge in [-0.05, 0) is 48.9 Å². The molecule has 0 atom stereocenters. The Morgan fingerprint density at radius 3 is 2.41 bits per heavy atom. The predicted octanol–water partition coefficient (Wildman–Crippen LogP) is 3.46. The van der Waals surface area contributed by atoms with Crippen molar-refractivity contribution in [2.75, 3.05) is 5.32 Å². The number of anilines is 1. The van der Waals surface area contributed by atoms with Gasteiger partial charge in [-0.15, -0.1) is 5.10 Å². The summed E-state index contributed by atoms with van der Waals surface area (Å²) in [6, 6.07) is 21.3. The quantitative estimate of drug-likeness (QED) is 0.423. The van der Waals surface area contributed by atoms with Crippen LogP contribution in [0, 0.1) is 6.92 Å². The number of carbonyl (C=O) groups excluding carboxylic acids is 1. The number of hydrogen-bond donors (Lipinski definition) is 1. The van der Waals surface area contributed by atoms with Gasteiger partial charge in [0.1, 0.15) is 6.54 Å². The Balaban J connectivity index is 1.60. The first-order chi connectivity index (χ1) is 16.4. The number of nitrogens with one attached hydrogen (secondary N) is 1. The molecule has 0 fully saturated rings. The molecule has 9 heteroatoms. The van der Waals surface area contributed by atoms with Gasteiger partial charge < -0.3 is 5.32 Å². The molecule has 0 bridgehead atoms. The van der Waals surface area contributed by atoms with Gasteiger partial charge in [0.25, 0.3) is 5.56 Å². The van der Waals surface area contributed by atoms with Crippen LogP contribution in [0.3, 0.4) is 0 Å². The molecule has 0 aliphatic carbocycles. The summed E-state index contributed by atoms with van der Waals surface area (Å²) in [5, 5.41) is 8.05. The number of rotatable bonds is 5. The highest BCUT2D eigenvalue weighted by atomic mass is 35.5. The van der Waals surface area contributed by atoms with E-state index in [4.69, 9.17) is 11.6 Å². The third-order valence-corrected chi connectivity index (χ3v) is 5.82. The van der Waals surface area contributed by atoms with Gasteiger partial charge in [0, 0.05) is 10.7 Å². The van der Waals surface area contributed by atoms with Crippen LogP contribution < -0.4 is 16.6 Å². The smallest absolute Gasteiger partial charge is 0.324 e. The summed E-state index contributed by atoms with van der Waals surface area (Å²) in [4.78, 5) is 39.2. The van der Waals surface area contributed by atoms with Crippen molar-refractivity contribution in [1.82, 2.24) is 18.7 Å². The van der Waals surface area contributed by atoms with Gasteiger partial charge >= 0.3 is 5.69 Å². The van der Waals surface area contributed by atoms with Crippen molar-refractivity contribution in [3.05, 3.63) is 110 Å². The SMILES string of the molecule is Cc1ccc(Cn2c(=O)c3ccccc3n3c(=O)n(CC(=O)Nc4ccc(Cl)cc4)nc23)cc1. The molecule has 0 radical (unpaired) electrons. The van der Waals surface area contributed by atoms with E-state index in [0.29, 0.717) is 21.6 Å². The Morgan fingerprint density at radius 2 is 1.68 bits per heavy atom. The molecule has 2 aromatic heterocycles. The fourth-order valence-corrected chi connectivity index (χ4v) is 3.98. The molecule has 0 saturated heterocycles. The second-order valence-corrected chi connectivity index (χ2v) is 8.46. The van der Waals surface area contributed by atoms with E-state index in [2.05, 4.69) is 10.4 Å². The van der Waals surface area contributed by atoms with Gasteiger partial charge in [-0.3, -0.25) is 14.2 Å². The van der Waals surface area contributed by atoms with Crippen LogP contribution >= 0.6 is 11.6 Å². The van der Waals surface area contributed by atoms with Gasteiger partial charge in [0.2, 0.25) is 11.7 Å². The monoisotopic (exact) mass is 473 g/mol. The Kier molecular flexibility index (Phi) is 5.51. The zero-order valence-electron chi connectivity index (χ0n) is 18.2. The lowest BCUT2D eigenvalue weighted by atomic mass is 10.1. The fraction of sp³-hybridized carbons (Fsp3) is 0.120. The summed E-state index contributed by atoms with van der Waals surface area (Å²) >= 11 is 5.89. The Hall–Kier alpha value is -4.17. The Labute approximate surface area is 198 Å². The minimum Gasteiger partial charge on any atom is -0.324 e. The maximum absolute atomic E-state index is 13.3. The summed E-state index contributed by atoms with van der Waals surface area (Å²) in [6.07, 6.45) is 0. The molecular weight excluding hydrogens is 454 g/mol. The van der Waals surface area contributed by atoms with Crippen molar-refractivity contribution in [2.45, 2.75) is 20.0 Å². The lowest BCUT2D eigenvalue weighted by molar-refractivity contribution is -0.117. The second-order valence-electron chi connectivity index (χ2n) is 8.02. The Morgan fingerprint density at radius 1 is 0.971 bits per heavy atom. The molecule has 0 unspecified atom stereocenters. The summed E-state index contributed by atoms with van der Waals surface area (Å²) in [5.41, 5.74) is 2.23. The first kappa shape index (κ1) is 21.7. The number of amides is 1. The van der Waals surface area contributed by atoms with E-state index in [1.54, 1.807) is 48.5 Å². The summed E-state index contributed by atoms with van der Waals surface area (Å²) in [5.74, 6) is -0.252. The van der Waals surface area contributed by atoms with Crippen LogP contribution in [-0.4, -0.2) is 24.7 Å². The molecule has 5 rings (SSSR count). The lowest BCUT2D eigenvalue weighted by Gasteiger charge is -2.10. The van der Waals surface area contributed by atoms with Crippen molar-refractivity contribution in [3.8, 4) is 0 Å². The Bertz CT molecular complexity index is 1650. The highest BCUT2D eigenvalue weighted by Crippen LogP contribution is 2.15. The molecule has 2 heterocycles. The first-order valence-corrected chi connectivity index (χ1v) is 11.0. The number of benzene rings is 3. The van der Waals surface area contributed by atoms with Crippen LogP contribution in [0.4, 0.5) is 5.69 Å². The van der Waals surface area contributed by atoms with Crippen LogP contribution in [-0.2, 0) is 17.9 Å². The van der Waals surface area contributed by atoms with E-state index in [1.807, 2.05) is 31.2 Å². The van der Waals surface area contributed by atoms with Crippen molar-refractivity contribution in [1.29, 1.82) is 0 Å². The summed E-state index contributed by atoms with van der Waals surface area (Å²) in [6.45, 7) is 1.91. The van der Waals surface area contributed by atoms with Gasteiger partial charge in [-0.1, -0.05) is 53.6 Å². The van der Waals surface area contributed by atoms with Crippen molar-refractivity contribution >= 4 is 39.9 Å². The van der Waals surface area contributed by atoms with E-state index < -0.39 is 11.6 Å². The van der Waals surface area contributed by atoms with Crippen molar-refractivity contribution in [3.63, 3.8) is 0 Å². The third-order valence-electron chi connectivity index (χ3n) is 5.57. The normalized spacial score (nSPS) is 11.2. The van der Waals surface area contributed by atoms with E-state index in [0.717, 1.165) is 15.8 Å². The van der Waals surface area contributed by atoms with E-state index >= 15 is 0 Å². The van der Waals surface area contributed by atoms with Gasteiger partial charge in [-0.25, -0.2) is 13.9 Å². The van der Waals surface area contributed by atoms with Crippen LogP contribution in [0.5, 0.6) is 0 Å². The number of aryl methyl sites for hydroxylation is 1. The molecule has 0 aliphatic heterocycles. The minimum atomic E-state index is -0.505. The number of halogens is 1. The number of aromatic nitrogens is 4. The topological polar surface area (TPSA) is 90.4 Å². The molecule has 1 N–H and O–H groups in total. The molecule has 3 aromatic carbocycles. The van der Waals surface area contributed by atoms with Gasteiger partial charge in [-0.2, -0.15) is 0 Å². The highest BCUT2D eigenvalue weighted by molar-refractivity contribution is 6.30. The maximum atomic E-state index is 13.3. The molecule has 0 spiro atoms. The zero-order chi connectivity index (χ0) is 23.8. The summed E-state index contributed by atoms with van der Waals surface area (Å²) in [7, 11) is 0. The van der Waals surface area contributed by atoms with Crippen LogP contribution in [0.1, 0.15) is 11.1 Å². The predicted molar refractivity (Wildman–Crippen MR) is 132 cm³/mol. The molecule has 1 amide bonds. The largest absolute Gasteiger partial charge is 0.352 e. The maximum Gasteiger partial charge on any atom is 0.352 e. The third kappa shape index (κ3) is 3.99. The summed E-state index contributed by atoms with van der Waals surface area (Å²) < 4.78 is 3.90. The zero-order valence-corrected chi connectivity index (χ0v) is 19.0. The van der Waals surface area contributed by atoms with E-state index in [1.165, 1.54) is 8.97 Å². The number of carbonyl (C=O) groups is 1. The van der Waals surface area contributed by atoms with Crippen LogP contribution in [0.15, 0.2) is 82.4 Å². The molecule has 34 heavy (non-hydrogen) atoms. The molecular formula is C25H20ClN5O3. The van der Waals surface area contributed by atoms with Crippen LogP contribution in [0.2, 0.25) is 5.02 Å².